The van der Waals surface area contributed by atoms with Gasteiger partial charge in [-0.1, -0.05) is 53.6 Å². The molecule has 2 aromatic carbocycles. The topological polar surface area (TPSA) is 41.1 Å². The van der Waals surface area contributed by atoms with E-state index in [-0.39, 0.29) is 5.91 Å². The van der Waals surface area contributed by atoms with Crippen LogP contribution in [0, 0.1) is 6.92 Å². The van der Waals surface area contributed by atoms with Crippen LogP contribution in [0.4, 0.5) is 5.69 Å². The zero-order valence-corrected chi connectivity index (χ0v) is 12.8. The lowest BCUT2D eigenvalue weighted by Gasteiger charge is -2.08. The van der Waals surface area contributed by atoms with Crippen molar-refractivity contribution < 1.29 is 4.79 Å². The van der Waals surface area contributed by atoms with Gasteiger partial charge in [-0.2, -0.15) is 0 Å². The molecule has 110 valence electrons. The summed E-state index contributed by atoms with van der Waals surface area (Å²) in [4.78, 5) is 11.8. The minimum Gasteiger partial charge on any atom is -0.325 e. The summed E-state index contributed by atoms with van der Waals surface area (Å²) in [5.74, 6) is -0.0421. The number of aryl methyl sites for hydroxylation is 1. The number of benzene rings is 2. The summed E-state index contributed by atoms with van der Waals surface area (Å²) in [5.41, 5.74) is 3.12. The van der Waals surface area contributed by atoms with E-state index in [1.807, 2.05) is 12.1 Å². The van der Waals surface area contributed by atoms with Gasteiger partial charge in [-0.15, -0.1) is 0 Å². The summed E-state index contributed by atoms with van der Waals surface area (Å²) in [7, 11) is 0. The average molecular weight is 303 g/mol. The van der Waals surface area contributed by atoms with Gasteiger partial charge in [-0.3, -0.25) is 4.79 Å². The van der Waals surface area contributed by atoms with Gasteiger partial charge in [-0.05, 0) is 24.6 Å². The van der Waals surface area contributed by atoms with E-state index in [9.17, 15) is 4.79 Å². The van der Waals surface area contributed by atoms with Crippen LogP contribution >= 0.6 is 11.6 Å². The van der Waals surface area contributed by atoms with Crippen molar-refractivity contribution in [2.45, 2.75) is 19.9 Å². The lowest BCUT2D eigenvalue weighted by atomic mass is 10.1. The van der Waals surface area contributed by atoms with Crippen LogP contribution < -0.4 is 10.6 Å². The van der Waals surface area contributed by atoms with E-state index in [1.54, 1.807) is 12.1 Å². The lowest BCUT2D eigenvalue weighted by Crippen LogP contribution is -2.21. The van der Waals surface area contributed by atoms with Crippen LogP contribution in [0.3, 0.4) is 0 Å². The van der Waals surface area contributed by atoms with Crippen LogP contribution in [-0.2, 0) is 11.3 Å². The van der Waals surface area contributed by atoms with Gasteiger partial charge in [0.25, 0.3) is 0 Å². The summed E-state index contributed by atoms with van der Waals surface area (Å²) in [6.07, 6.45) is 0.414. The Morgan fingerprint density at radius 1 is 1.10 bits per heavy atom. The minimum atomic E-state index is -0.0421. The molecule has 0 bridgehead atoms. The Bertz CT molecular complexity index is 596. The molecule has 0 fully saturated rings. The van der Waals surface area contributed by atoms with Crippen molar-refractivity contribution >= 4 is 23.2 Å². The molecule has 0 saturated heterocycles. The van der Waals surface area contributed by atoms with E-state index >= 15 is 0 Å². The molecule has 0 unspecified atom stereocenters. The summed E-state index contributed by atoms with van der Waals surface area (Å²) >= 11 is 5.99. The Kier molecular flexibility index (Phi) is 5.78. The fourth-order valence-corrected chi connectivity index (χ4v) is 2.10. The third-order valence-electron chi connectivity index (χ3n) is 3.13. The highest BCUT2D eigenvalue weighted by molar-refractivity contribution is 6.33. The quantitative estimate of drug-likeness (QED) is 0.798. The fourth-order valence-electron chi connectivity index (χ4n) is 1.92. The molecule has 21 heavy (non-hydrogen) atoms. The Labute approximate surface area is 130 Å². The van der Waals surface area contributed by atoms with Gasteiger partial charge in [-0.25, -0.2) is 0 Å². The van der Waals surface area contributed by atoms with Crippen LogP contribution in [-0.4, -0.2) is 12.5 Å². The largest absolute Gasteiger partial charge is 0.325 e. The molecule has 0 heterocycles. The van der Waals surface area contributed by atoms with Crippen molar-refractivity contribution in [3.8, 4) is 0 Å². The predicted octanol–water partition coefficient (Wildman–Crippen LogP) is 3.77. The maximum atomic E-state index is 11.8. The summed E-state index contributed by atoms with van der Waals surface area (Å²) in [6, 6.07) is 15.6. The van der Waals surface area contributed by atoms with Gasteiger partial charge >= 0.3 is 0 Å². The molecule has 0 aliphatic carbocycles. The van der Waals surface area contributed by atoms with Gasteiger partial charge in [0.15, 0.2) is 0 Å². The molecule has 0 spiro atoms. The van der Waals surface area contributed by atoms with E-state index in [4.69, 9.17) is 11.6 Å². The first kappa shape index (κ1) is 15.5. The summed E-state index contributed by atoms with van der Waals surface area (Å²) in [5, 5.41) is 6.62. The summed E-state index contributed by atoms with van der Waals surface area (Å²) in [6.45, 7) is 3.46. The van der Waals surface area contributed by atoms with Crippen molar-refractivity contribution in [3.63, 3.8) is 0 Å². The number of hydrogen-bond donors (Lipinski definition) is 2. The fraction of sp³-hybridized carbons (Fsp3) is 0.235. The van der Waals surface area contributed by atoms with E-state index in [0.717, 1.165) is 6.54 Å². The molecule has 3 nitrogen and oxygen atoms in total. The van der Waals surface area contributed by atoms with Crippen molar-refractivity contribution in [1.29, 1.82) is 0 Å². The third kappa shape index (κ3) is 5.21. The number of halogens is 1. The molecular formula is C17H19ClN2O. The second-order valence-electron chi connectivity index (χ2n) is 4.94. The molecule has 4 heteroatoms. The van der Waals surface area contributed by atoms with Gasteiger partial charge < -0.3 is 10.6 Å². The maximum Gasteiger partial charge on any atom is 0.225 e. The molecule has 0 aromatic heterocycles. The Balaban J connectivity index is 1.70. The second kappa shape index (κ2) is 7.81. The smallest absolute Gasteiger partial charge is 0.225 e. The number of anilines is 1. The lowest BCUT2D eigenvalue weighted by molar-refractivity contribution is -0.116. The average Bonchev–Trinajstić information content (AvgIpc) is 2.48. The zero-order chi connectivity index (χ0) is 15.1. The van der Waals surface area contributed by atoms with E-state index in [1.165, 1.54) is 11.1 Å². The molecule has 0 aliphatic heterocycles. The Morgan fingerprint density at radius 3 is 2.52 bits per heavy atom. The maximum absolute atomic E-state index is 11.8. The highest BCUT2D eigenvalue weighted by Crippen LogP contribution is 2.20. The predicted molar refractivity (Wildman–Crippen MR) is 87.6 cm³/mol. The molecule has 0 saturated carbocycles. The monoisotopic (exact) mass is 302 g/mol. The highest BCUT2D eigenvalue weighted by Gasteiger charge is 2.04. The number of para-hydroxylation sites is 1. The highest BCUT2D eigenvalue weighted by atomic mass is 35.5. The molecule has 2 rings (SSSR count). The number of rotatable bonds is 6. The minimum absolute atomic E-state index is 0.0421. The SMILES string of the molecule is Cc1ccc(CNCCC(=O)Nc2ccccc2Cl)cc1. The van der Waals surface area contributed by atoms with Gasteiger partial charge in [0, 0.05) is 19.5 Å². The second-order valence-corrected chi connectivity index (χ2v) is 5.35. The van der Waals surface area contributed by atoms with Crippen molar-refractivity contribution in [2.24, 2.45) is 0 Å². The number of hydrogen-bond acceptors (Lipinski definition) is 2. The Hall–Kier alpha value is -1.84. The first-order valence-corrected chi connectivity index (χ1v) is 7.33. The number of nitrogens with one attached hydrogen (secondary N) is 2. The molecule has 1 amide bonds. The molecule has 2 aromatic rings. The van der Waals surface area contributed by atoms with Crippen LogP contribution in [0.15, 0.2) is 48.5 Å². The van der Waals surface area contributed by atoms with Crippen LogP contribution in [0.5, 0.6) is 0 Å². The number of carbonyl (C=O) groups excluding carboxylic acids is 1. The van der Waals surface area contributed by atoms with Crippen molar-refractivity contribution in [1.82, 2.24) is 5.32 Å². The number of amides is 1. The Morgan fingerprint density at radius 2 is 1.81 bits per heavy atom. The van der Waals surface area contributed by atoms with Crippen LogP contribution in [0.2, 0.25) is 5.02 Å². The van der Waals surface area contributed by atoms with E-state index in [2.05, 4.69) is 41.8 Å². The van der Waals surface area contributed by atoms with Gasteiger partial charge in [0.1, 0.15) is 0 Å². The zero-order valence-electron chi connectivity index (χ0n) is 12.0. The molecule has 0 atom stereocenters. The van der Waals surface area contributed by atoms with Crippen LogP contribution in [0.25, 0.3) is 0 Å². The molecule has 2 N–H and O–H groups in total. The van der Waals surface area contributed by atoms with Gasteiger partial charge in [0.05, 0.1) is 10.7 Å². The van der Waals surface area contributed by atoms with Crippen molar-refractivity contribution in [3.05, 3.63) is 64.7 Å². The van der Waals surface area contributed by atoms with Crippen LogP contribution in [0.1, 0.15) is 17.5 Å². The third-order valence-corrected chi connectivity index (χ3v) is 3.46. The van der Waals surface area contributed by atoms with Crippen molar-refractivity contribution in [2.75, 3.05) is 11.9 Å². The molecule has 0 radical (unpaired) electrons. The molecular weight excluding hydrogens is 284 g/mol. The van der Waals surface area contributed by atoms with E-state index in [0.29, 0.717) is 23.7 Å². The number of carbonyl (C=O) groups is 1. The first-order chi connectivity index (χ1) is 10.1. The van der Waals surface area contributed by atoms with E-state index < -0.39 is 0 Å². The summed E-state index contributed by atoms with van der Waals surface area (Å²) < 4.78 is 0. The first-order valence-electron chi connectivity index (χ1n) is 6.96. The normalized spacial score (nSPS) is 10.4. The van der Waals surface area contributed by atoms with Gasteiger partial charge in [0.2, 0.25) is 5.91 Å². The standard InChI is InChI=1S/C17H19ClN2O/c1-13-6-8-14(9-7-13)12-19-11-10-17(21)20-16-5-3-2-4-15(16)18/h2-9,19H,10-12H2,1H3,(H,20,21). The molecule has 0 aliphatic rings.